The van der Waals surface area contributed by atoms with Gasteiger partial charge in [0.15, 0.2) is 5.65 Å². The first-order chi connectivity index (χ1) is 14.1. The minimum absolute atomic E-state index is 0.658. The van der Waals surface area contributed by atoms with E-state index in [9.17, 15) is 0 Å². The Balaban J connectivity index is 2.06. The van der Waals surface area contributed by atoms with Crippen LogP contribution in [-0.4, -0.2) is 48.5 Å². The molecule has 2 heterocycles. The number of hydrogen-bond acceptors (Lipinski definition) is 6. The summed E-state index contributed by atoms with van der Waals surface area (Å²) in [7, 11) is 3.42. The zero-order valence-electron chi connectivity index (χ0n) is 18.0. The third-order valence-corrected chi connectivity index (χ3v) is 5.05. The Morgan fingerprint density at radius 1 is 1.14 bits per heavy atom. The van der Waals surface area contributed by atoms with Gasteiger partial charge in [-0.25, -0.2) is 4.98 Å². The van der Waals surface area contributed by atoms with E-state index >= 15 is 0 Å². The van der Waals surface area contributed by atoms with Crippen molar-refractivity contribution in [1.29, 1.82) is 0 Å². The summed E-state index contributed by atoms with van der Waals surface area (Å²) in [4.78, 5) is 7.15. The number of methoxy groups -OCH3 is 2. The number of aromatic nitrogens is 3. The van der Waals surface area contributed by atoms with Crippen LogP contribution in [0.3, 0.4) is 0 Å². The maximum atomic E-state index is 5.37. The van der Waals surface area contributed by atoms with E-state index in [1.54, 1.807) is 20.4 Å². The quantitative estimate of drug-likeness (QED) is 0.553. The normalized spacial score (nSPS) is 11.1. The van der Waals surface area contributed by atoms with E-state index in [2.05, 4.69) is 42.2 Å². The molecule has 0 radical (unpaired) electrons. The molecule has 156 valence electrons. The zero-order chi connectivity index (χ0) is 20.8. The summed E-state index contributed by atoms with van der Waals surface area (Å²) >= 11 is 0. The molecule has 0 amide bonds. The number of anilines is 3. The van der Waals surface area contributed by atoms with Crippen molar-refractivity contribution in [3.63, 3.8) is 0 Å². The molecule has 7 heteroatoms. The number of nitrogens with zero attached hydrogens (tertiary/aromatic N) is 4. The van der Waals surface area contributed by atoms with Crippen molar-refractivity contribution < 1.29 is 9.47 Å². The summed E-state index contributed by atoms with van der Waals surface area (Å²) in [5.74, 6) is 2.75. The molecule has 0 aliphatic rings. The van der Waals surface area contributed by atoms with E-state index in [1.165, 1.54) is 5.56 Å². The molecule has 0 saturated carbocycles. The SMILES string of the molecule is CCCN(CCOC)c1c(C)c(Nc2ccc(OC)cc2CC)nc2ccnn12. The fourth-order valence-corrected chi connectivity index (χ4v) is 3.53. The molecule has 0 spiro atoms. The van der Waals surface area contributed by atoms with Crippen molar-refractivity contribution in [3.05, 3.63) is 41.6 Å². The van der Waals surface area contributed by atoms with Crippen LogP contribution in [0.1, 0.15) is 31.4 Å². The monoisotopic (exact) mass is 397 g/mol. The van der Waals surface area contributed by atoms with E-state index in [4.69, 9.17) is 14.5 Å². The van der Waals surface area contributed by atoms with E-state index in [0.717, 1.165) is 60.2 Å². The van der Waals surface area contributed by atoms with Gasteiger partial charge in [0, 0.05) is 37.5 Å². The fourth-order valence-electron chi connectivity index (χ4n) is 3.53. The second-order valence-electron chi connectivity index (χ2n) is 6.99. The van der Waals surface area contributed by atoms with Gasteiger partial charge in [0.05, 0.1) is 19.9 Å². The Morgan fingerprint density at radius 3 is 2.66 bits per heavy atom. The third kappa shape index (κ3) is 4.45. The highest BCUT2D eigenvalue weighted by atomic mass is 16.5. The van der Waals surface area contributed by atoms with Crippen LogP contribution < -0.4 is 15.0 Å². The molecule has 0 atom stereocenters. The Kier molecular flexibility index (Phi) is 6.93. The molecule has 0 aliphatic carbocycles. The smallest absolute Gasteiger partial charge is 0.159 e. The summed E-state index contributed by atoms with van der Waals surface area (Å²) < 4.78 is 12.6. The lowest BCUT2D eigenvalue weighted by Crippen LogP contribution is -2.31. The summed E-state index contributed by atoms with van der Waals surface area (Å²) in [6.07, 6.45) is 3.73. The minimum atomic E-state index is 0.658. The maximum absolute atomic E-state index is 5.37. The average Bonchev–Trinajstić information content (AvgIpc) is 3.20. The number of hydrogen-bond donors (Lipinski definition) is 1. The molecule has 3 aromatic rings. The van der Waals surface area contributed by atoms with Gasteiger partial charge in [-0.2, -0.15) is 9.61 Å². The number of rotatable bonds is 10. The van der Waals surface area contributed by atoms with Gasteiger partial charge in [0.25, 0.3) is 0 Å². The molecule has 2 aromatic heterocycles. The van der Waals surface area contributed by atoms with Crippen LogP contribution in [0.25, 0.3) is 5.65 Å². The maximum Gasteiger partial charge on any atom is 0.159 e. The predicted molar refractivity (Wildman–Crippen MR) is 118 cm³/mol. The number of benzene rings is 1. The van der Waals surface area contributed by atoms with E-state index in [1.807, 2.05) is 22.7 Å². The predicted octanol–water partition coefficient (Wildman–Crippen LogP) is 4.22. The van der Waals surface area contributed by atoms with Gasteiger partial charge < -0.3 is 19.7 Å². The van der Waals surface area contributed by atoms with Crippen LogP contribution in [0, 0.1) is 6.92 Å². The second kappa shape index (κ2) is 9.60. The topological polar surface area (TPSA) is 63.9 Å². The average molecular weight is 398 g/mol. The number of ether oxygens (including phenoxy) is 2. The molecule has 0 aliphatic heterocycles. The molecule has 1 aromatic carbocycles. The first-order valence-electron chi connectivity index (χ1n) is 10.1. The van der Waals surface area contributed by atoms with Crippen molar-refractivity contribution in [2.45, 2.75) is 33.6 Å². The Labute approximate surface area is 172 Å². The molecule has 7 nitrogen and oxygen atoms in total. The molecule has 0 fully saturated rings. The number of fused-ring (bicyclic) bond motifs is 1. The van der Waals surface area contributed by atoms with Crippen LogP contribution in [0.15, 0.2) is 30.5 Å². The van der Waals surface area contributed by atoms with Crippen LogP contribution in [-0.2, 0) is 11.2 Å². The fraction of sp³-hybridized carbons (Fsp3) is 0.455. The first kappa shape index (κ1) is 20.9. The molecule has 0 bridgehead atoms. The Hall–Kier alpha value is -2.80. The standard InChI is InChI=1S/C22H31N5O2/c1-6-12-26(13-14-28-4)22-16(3)21(25-20-10-11-23-27(20)22)24-19-9-8-18(29-5)15-17(19)7-2/h8-11,15H,6-7,12-14H2,1-5H3,(H,24,25). The molecule has 0 saturated heterocycles. The highest BCUT2D eigenvalue weighted by Gasteiger charge is 2.19. The van der Waals surface area contributed by atoms with Crippen LogP contribution in [0.4, 0.5) is 17.3 Å². The summed E-state index contributed by atoms with van der Waals surface area (Å²) in [6, 6.07) is 8.02. The summed E-state index contributed by atoms with van der Waals surface area (Å²) in [6.45, 7) is 8.79. The van der Waals surface area contributed by atoms with Gasteiger partial charge in [-0.1, -0.05) is 13.8 Å². The van der Waals surface area contributed by atoms with Gasteiger partial charge in [-0.05, 0) is 43.5 Å². The summed E-state index contributed by atoms with van der Waals surface area (Å²) in [5.41, 5.74) is 4.10. The lowest BCUT2D eigenvalue weighted by atomic mass is 10.1. The van der Waals surface area contributed by atoms with Crippen molar-refractivity contribution >= 4 is 23.0 Å². The highest BCUT2D eigenvalue weighted by molar-refractivity contribution is 5.71. The van der Waals surface area contributed by atoms with Gasteiger partial charge in [-0.15, -0.1) is 0 Å². The van der Waals surface area contributed by atoms with Gasteiger partial charge in [-0.3, -0.25) is 0 Å². The molecular weight excluding hydrogens is 366 g/mol. The Bertz CT molecular complexity index is 954. The second-order valence-corrected chi connectivity index (χ2v) is 6.99. The molecule has 3 rings (SSSR count). The lowest BCUT2D eigenvalue weighted by Gasteiger charge is -2.27. The van der Waals surface area contributed by atoms with Crippen LogP contribution >= 0.6 is 0 Å². The first-order valence-corrected chi connectivity index (χ1v) is 10.1. The van der Waals surface area contributed by atoms with Crippen molar-refractivity contribution in [1.82, 2.24) is 14.6 Å². The van der Waals surface area contributed by atoms with E-state index < -0.39 is 0 Å². The van der Waals surface area contributed by atoms with E-state index in [-0.39, 0.29) is 0 Å². The van der Waals surface area contributed by atoms with Gasteiger partial charge in [0.1, 0.15) is 17.4 Å². The molecule has 29 heavy (non-hydrogen) atoms. The van der Waals surface area contributed by atoms with Gasteiger partial charge >= 0.3 is 0 Å². The minimum Gasteiger partial charge on any atom is -0.497 e. The van der Waals surface area contributed by atoms with Crippen molar-refractivity contribution in [2.24, 2.45) is 0 Å². The zero-order valence-corrected chi connectivity index (χ0v) is 18.0. The molecule has 1 N–H and O–H groups in total. The third-order valence-electron chi connectivity index (χ3n) is 5.05. The van der Waals surface area contributed by atoms with E-state index in [0.29, 0.717) is 6.61 Å². The summed E-state index contributed by atoms with van der Waals surface area (Å²) in [5, 5.41) is 8.08. The Morgan fingerprint density at radius 2 is 1.97 bits per heavy atom. The molecular formula is C22H31N5O2. The van der Waals surface area contributed by atoms with Crippen LogP contribution in [0.2, 0.25) is 0 Å². The number of nitrogens with one attached hydrogen (secondary N) is 1. The van der Waals surface area contributed by atoms with Crippen LogP contribution in [0.5, 0.6) is 5.75 Å². The molecule has 0 unspecified atom stereocenters. The highest BCUT2D eigenvalue weighted by Crippen LogP contribution is 2.31. The lowest BCUT2D eigenvalue weighted by molar-refractivity contribution is 0.205. The van der Waals surface area contributed by atoms with Crippen molar-refractivity contribution in [2.75, 3.05) is 44.1 Å². The van der Waals surface area contributed by atoms with Gasteiger partial charge in [0.2, 0.25) is 0 Å². The largest absolute Gasteiger partial charge is 0.497 e. The number of aryl methyl sites for hydroxylation is 1. The van der Waals surface area contributed by atoms with Crippen molar-refractivity contribution in [3.8, 4) is 5.75 Å².